The summed E-state index contributed by atoms with van der Waals surface area (Å²) in [6, 6.07) is 23.8. The van der Waals surface area contributed by atoms with Crippen LogP contribution in [0.25, 0.3) is 0 Å². The lowest BCUT2D eigenvalue weighted by atomic mass is 9.99. The highest BCUT2D eigenvalue weighted by Crippen LogP contribution is 2.26. The molecule has 0 saturated carbocycles. The molecule has 0 unspecified atom stereocenters. The van der Waals surface area contributed by atoms with Crippen LogP contribution in [0, 0.1) is 6.92 Å². The Morgan fingerprint density at radius 1 is 0.926 bits per heavy atom. The van der Waals surface area contributed by atoms with Gasteiger partial charge in [-0.2, -0.15) is 0 Å². The van der Waals surface area contributed by atoms with Gasteiger partial charge in [0.25, 0.3) is 0 Å². The van der Waals surface area contributed by atoms with Gasteiger partial charge in [-0.05, 0) is 60.1 Å². The lowest BCUT2D eigenvalue weighted by Gasteiger charge is -2.23. The molecule has 0 spiro atoms. The highest BCUT2D eigenvalue weighted by Gasteiger charge is 2.16. The van der Waals surface area contributed by atoms with Gasteiger partial charge >= 0.3 is 0 Å². The fourth-order valence-corrected chi connectivity index (χ4v) is 3.24. The van der Waals surface area contributed by atoms with Gasteiger partial charge in [0.1, 0.15) is 5.75 Å². The third-order valence-corrected chi connectivity index (χ3v) is 5.00. The number of hydrogen-bond acceptors (Lipinski definition) is 2. The Hall–Kier alpha value is -2.56. The lowest BCUT2D eigenvalue weighted by Crippen LogP contribution is -2.33. The van der Waals surface area contributed by atoms with E-state index in [0.29, 0.717) is 10.1 Å². The van der Waals surface area contributed by atoms with Gasteiger partial charge in [0.2, 0.25) is 0 Å². The highest BCUT2D eigenvalue weighted by atomic mass is 35.5. The monoisotopic (exact) mass is 396 g/mol. The zero-order valence-corrected chi connectivity index (χ0v) is 16.8. The van der Waals surface area contributed by atoms with E-state index < -0.39 is 0 Å². The van der Waals surface area contributed by atoms with Gasteiger partial charge in [0.05, 0.1) is 13.2 Å². The fraction of sp³-hybridized carbons (Fsp3) is 0.136. The fourth-order valence-electron chi connectivity index (χ4n) is 2.83. The number of ether oxygens (including phenoxy) is 1. The first-order valence-electron chi connectivity index (χ1n) is 8.60. The summed E-state index contributed by atoms with van der Waals surface area (Å²) < 4.78 is 5.27. The van der Waals surface area contributed by atoms with Gasteiger partial charge in [-0.25, -0.2) is 0 Å². The largest absolute Gasteiger partial charge is 0.497 e. The molecule has 5 heteroatoms. The van der Waals surface area contributed by atoms with E-state index >= 15 is 0 Å². The molecule has 0 aromatic heterocycles. The number of halogens is 1. The van der Waals surface area contributed by atoms with E-state index in [1.165, 1.54) is 0 Å². The SMILES string of the molecule is COc1ccc([C@@H](NC(=S)Nc2cccc(Cl)c2C)c2ccccc2)cc1. The average molecular weight is 397 g/mol. The smallest absolute Gasteiger partial charge is 0.171 e. The minimum absolute atomic E-state index is 0.0865. The van der Waals surface area contributed by atoms with Crippen LogP contribution in [0.5, 0.6) is 5.75 Å². The van der Waals surface area contributed by atoms with E-state index in [1.807, 2.05) is 67.6 Å². The van der Waals surface area contributed by atoms with Gasteiger partial charge in [0.15, 0.2) is 5.11 Å². The summed E-state index contributed by atoms with van der Waals surface area (Å²) >= 11 is 11.8. The van der Waals surface area contributed by atoms with Crippen molar-refractivity contribution in [2.75, 3.05) is 12.4 Å². The molecular weight excluding hydrogens is 376 g/mol. The summed E-state index contributed by atoms with van der Waals surface area (Å²) in [5, 5.41) is 7.91. The number of anilines is 1. The van der Waals surface area contributed by atoms with Crippen molar-refractivity contribution in [1.82, 2.24) is 5.32 Å². The van der Waals surface area contributed by atoms with E-state index in [2.05, 4.69) is 22.8 Å². The molecule has 27 heavy (non-hydrogen) atoms. The van der Waals surface area contributed by atoms with Crippen LogP contribution in [0.15, 0.2) is 72.8 Å². The van der Waals surface area contributed by atoms with Crippen LogP contribution in [-0.2, 0) is 0 Å². The first-order valence-corrected chi connectivity index (χ1v) is 9.38. The molecule has 138 valence electrons. The molecule has 0 aliphatic rings. The molecule has 1 atom stereocenters. The number of nitrogens with one attached hydrogen (secondary N) is 2. The van der Waals surface area contributed by atoms with Crippen molar-refractivity contribution in [3.8, 4) is 5.75 Å². The Bertz CT molecular complexity index is 913. The van der Waals surface area contributed by atoms with Crippen molar-refractivity contribution in [3.63, 3.8) is 0 Å². The van der Waals surface area contributed by atoms with Crippen molar-refractivity contribution >= 4 is 34.6 Å². The Labute approximate surface area is 170 Å². The molecule has 3 nitrogen and oxygen atoms in total. The van der Waals surface area contributed by atoms with Crippen LogP contribution in [0.3, 0.4) is 0 Å². The molecule has 3 aromatic rings. The second kappa shape index (κ2) is 8.89. The normalized spacial score (nSPS) is 11.5. The predicted octanol–water partition coefficient (Wildman–Crippen LogP) is 5.73. The Morgan fingerprint density at radius 3 is 2.26 bits per heavy atom. The summed E-state index contributed by atoms with van der Waals surface area (Å²) in [6.07, 6.45) is 0. The molecule has 0 bridgehead atoms. The zero-order chi connectivity index (χ0) is 19.2. The van der Waals surface area contributed by atoms with Crippen molar-refractivity contribution < 1.29 is 4.74 Å². The number of benzene rings is 3. The van der Waals surface area contributed by atoms with Crippen LogP contribution in [0.4, 0.5) is 5.69 Å². The molecule has 0 saturated heterocycles. The third-order valence-electron chi connectivity index (χ3n) is 4.37. The molecule has 0 aliphatic carbocycles. The number of thiocarbonyl (C=S) groups is 1. The number of rotatable bonds is 5. The number of hydrogen-bond donors (Lipinski definition) is 2. The van der Waals surface area contributed by atoms with E-state index in [0.717, 1.165) is 28.1 Å². The third kappa shape index (κ3) is 4.79. The van der Waals surface area contributed by atoms with Crippen molar-refractivity contribution in [2.45, 2.75) is 13.0 Å². The molecular formula is C22H21ClN2OS. The molecule has 0 fully saturated rings. The Balaban J connectivity index is 1.84. The Morgan fingerprint density at radius 2 is 1.59 bits per heavy atom. The summed E-state index contributed by atoms with van der Waals surface area (Å²) in [6.45, 7) is 1.96. The average Bonchev–Trinajstić information content (AvgIpc) is 2.70. The molecule has 0 radical (unpaired) electrons. The van der Waals surface area contributed by atoms with Gasteiger partial charge in [0, 0.05) is 10.7 Å². The lowest BCUT2D eigenvalue weighted by molar-refractivity contribution is 0.414. The molecule has 0 heterocycles. The maximum atomic E-state index is 6.21. The van der Waals surface area contributed by atoms with Crippen LogP contribution >= 0.6 is 23.8 Å². The van der Waals surface area contributed by atoms with Crippen molar-refractivity contribution in [3.05, 3.63) is 94.5 Å². The Kier molecular flexibility index (Phi) is 6.32. The summed E-state index contributed by atoms with van der Waals surface area (Å²) in [4.78, 5) is 0. The van der Waals surface area contributed by atoms with Crippen LogP contribution in [-0.4, -0.2) is 12.2 Å². The maximum Gasteiger partial charge on any atom is 0.171 e. The van der Waals surface area contributed by atoms with Crippen molar-refractivity contribution in [1.29, 1.82) is 0 Å². The molecule has 0 aliphatic heterocycles. The van der Waals surface area contributed by atoms with Gasteiger partial charge < -0.3 is 15.4 Å². The first kappa shape index (κ1) is 19.2. The summed E-state index contributed by atoms with van der Waals surface area (Å²) in [5.41, 5.74) is 4.06. The van der Waals surface area contributed by atoms with Crippen LogP contribution in [0.1, 0.15) is 22.7 Å². The number of methoxy groups -OCH3 is 1. The van der Waals surface area contributed by atoms with Gasteiger partial charge in [-0.3, -0.25) is 0 Å². The topological polar surface area (TPSA) is 33.3 Å². The van der Waals surface area contributed by atoms with E-state index in [9.17, 15) is 0 Å². The minimum atomic E-state index is -0.0865. The van der Waals surface area contributed by atoms with Gasteiger partial charge in [-0.1, -0.05) is 60.1 Å². The van der Waals surface area contributed by atoms with Gasteiger partial charge in [-0.15, -0.1) is 0 Å². The zero-order valence-electron chi connectivity index (χ0n) is 15.2. The molecule has 2 N–H and O–H groups in total. The van der Waals surface area contributed by atoms with E-state index in [4.69, 9.17) is 28.6 Å². The van der Waals surface area contributed by atoms with Crippen LogP contribution < -0.4 is 15.4 Å². The van der Waals surface area contributed by atoms with Crippen LogP contribution in [0.2, 0.25) is 5.02 Å². The van der Waals surface area contributed by atoms with E-state index in [1.54, 1.807) is 7.11 Å². The van der Waals surface area contributed by atoms with Crippen molar-refractivity contribution in [2.24, 2.45) is 0 Å². The molecule has 3 aromatic carbocycles. The maximum absolute atomic E-state index is 6.21. The summed E-state index contributed by atoms with van der Waals surface area (Å²) in [7, 11) is 1.66. The highest BCUT2D eigenvalue weighted by molar-refractivity contribution is 7.80. The second-order valence-corrected chi connectivity index (χ2v) is 6.94. The second-order valence-electron chi connectivity index (χ2n) is 6.13. The summed E-state index contributed by atoms with van der Waals surface area (Å²) in [5.74, 6) is 0.820. The predicted molar refractivity (Wildman–Crippen MR) is 117 cm³/mol. The van der Waals surface area contributed by atoms with E-state index in [-0.39, 0.29) is 6.04 Å². The minimum Gasteiger partial charge on any atom is -0.497 e. The standard InChI is InChI=1S/C22H21ClN2OS/c1-15-19(23)9-6-10-20(15)24-22(27)25-21(16-7-4-3-5-8-16)17-11-13-18(26-2)14-12-17/h3-14,21H,1-2H3,(H2,24,25,27)/t21-/m0/s1. The first-order chi connectivity index (χ1) is 13.1. The molecule has 3 rings (SSSR count). The quantitative estimate of drug-likeness (QED) is 0.539. The molecule has 0 amide bonds.